The summed E-state index contributed by atoms with van der Waals surface area (Å²) >= 11 is 2.89. The predicted molar refractivity (Wildman–Crippen MR) is 146 cm³/mol. The van der Waals surface area contributed by atoms with Crippen LogP contribution in [0.25, 0.3) is 10.8 Å². The van der Waals surface area contributed by atoms with Crippen LogP contribution < -0.4 is 16.4 Å². The number of nitrogens with one attached hydrogen (secondary N) is 1. The van der Waals surface area contributed by atoms with Gasteiger partial charge in [0.2, 0.25) is 0 Å². The minimum Gasteiger partial charge on any atom is -0.381 e. The molecule has 0 amide bonds. The molecule has 0 spiro atoms. The quantitative estimate of drug-likeness (QED) is 0.117. The lowest BCUT2D eigenvalue weighted by atomic mass is 10.1. The Morgan fingerprint density at radius 1 is 1.21 bits per heavy atom. The molecule has 0 fully saturated rings. The van der Waals surface area contributed by atoms with Crippen molar-refractivity contribution in [1.29, 1.82) is 0 Å². The summed E-state index contributed by atoms with van der Waals surface area (Å²) in [7, 11) is -1.44. The first kappa shape index (κ1) is 29.4. The number of aromatic nitrogens is 3. The third-order valence-corrected chi connectivity index (χ3v) is 8.22. The predicted octanol–water partition coefficient (Wildman–Crippen LogP) is 6.21. The molecule has 0 aliphatic rings. The highest BCUT2D eigenvalue weighted by Crippen LogP contribution is 2.32. The second-order valence-corrected chi connectivity index (χ2v) is 16.8. The van der Waals surface area contributed by atoms with Gasteiger partial charge in [-0.15, -0.1) is 0 Å². The van der Waals surface area contributed by atoms with E-state index in [4.69, 9.17) is 6.11 Å². The molecule has 2 heterocycles. The summed E-state index contributed by atoms with van der Waals surface area (Å²) in [5, 5.41) is 5.99. The van der Waals surface area contributed by atoms with Crippen LogP contribution in [0, 0.1) is 11.6 Å². The fourth-order valence-electron chi connectivity index (χ4n) is 3.81. The van der Waals surface area contributed by atoms with Gasteiger partial charge in [-0.25, -0.2) is 13.5 Å². The number of ether oxygens (including phenoxy) is 1. The maximum atomic E-state index is 14.4. The van der Waals surface area contributed by atoms with Gasteiger partial charge in [-0.2, -0.15) is 18.3 Å². The molecular weight excluding hydrogens is 607 g/mol. The first-order valence-electron chi connectivity index (χ1n) is 12.6. The van der Waals surface area contributed by atoms with Crippen LogP contribution in [0.15, 0.2) is 38.6 Å². The summed E-state index contributed by atoms with van der Waals surface area (Å²) in [6, 6.07) is 1.79. The lowest BCUT2D eigenvalue weighted by Crippen LogP contribution is -2.34. The van der Waals surface area contributed by atoms with E-state index in [1.807, 2.05) is 0 Å². The molecule has 1 unspecified atom stereocenters. The van der Waals surface area contributed by atoms with Crippen molar-refractivity contribution in [2.75, 3.05) is 11.9 Å². The van der Waals surface area contributed by atoms with E-state index in [1.165, 1.54) is 25.3 Å². The fourth-order valence-corrected chi connectivity index (χ4v) is 4.98. The van der Waals surface area contributed by atoms with Crippen LogP contribution in [0.5, 0.6) is 0 Å². The maximum Gasteiger partial charge on any atom is 0.423 e. The van der Waals surface area contributed by atoms with Gasteiger partial charge in [-0.3, -0.25) is 9.59 Å². The Hall–Kier alpha value is -2.58. The molecule has 39 heavy (non-hydrogen) atoms. The van der Waals surface area contributed by atoms with Crippen LogP contribution in [0.2, 0.25) is 25.7 Å². The average molecular weight is 639 g/mol. The number of halogens is 6. The van der Waals surface area contributed by atoms with Gasteiger partial charge < -0.3 is 14.6 Å². The number of alkyl halides is 3. The topological polar surface area (TPSA) is 78.2 Å². The van der Waals surface area contributed by atoms with Gasteiger partial charge in [0, 0.05) is 33.4 Å². The molecule has 1 aromatic carbocycles. The Balaban J connectivity index is 1.74. The molecular formula is C25H30BrF5N4O3Si. The van der Waals surface area contributed by atoms with Crippen molar-refractivity contribution < 1.29 is 28.1 Å². The monoisotopic (exact) mass is 637 g/mol. The van der Waals surface area contributed by atoms with Gasteiger partial charge in [-0.05, 0) is 59.3 Å². The van der Waals surface area contributed by atoms with Gasteiger partial charge in [0.1, 0.15) is 12.3 Å². The van der Waals surface area contributed by atoms with E-state index in [9.17, 15) is 31.5 Å². The van der Waals surface area contributed by atoms with Crippen molar-refractivity contribution in [2.24, 2.45) is 0 Å². The van der Waals surface area contributed by atoms with Crippen LogP contribution in [0.1, 0.15) is 26.7 Å². The lowest BCUT2D eigenvalue weighted by molar-refractivity contribution is -0.138. The Bertz CT molecular complexity index is 1510. The van der Waals surface area contributed by atoms with Crippen molar-refractivity contribution >= 4 is 40.5 Å². The van der Waals surface area contributed by atoms with Crippen molar-refractivity contribution in [2.45, 2.75) is 70.9 Å². The number of anilines is 1. The van der Waals surface area contributed by atoms with Crippen LogP contribution in [-0.4, -0.2) is 35.0 Å². The number of pyridine rings is 1. The van der Waals surface area contributed by atoms with Crippen molar-refractivity contribution in [3.63, 3.8) is 0 Å². The smallest absolute Gasteiger partial charge is 0.381 e. The number of hydrogen-bond donors (Lipinski definition) is 1. The summed E-state index contributed by atoms with van der Waals surface area (Å²) in [6.07, 6.45) is -2.74. The largest absolute Gasteiger partial charge is 0.423 e. The third kappa shape index (κ3) is 7.75. The minimum absolute atomic E-state index is 0.0111. The highest BCUT2D eigenvalue weighted by Gasteiger charge is 2.38. The number of rotatable bonds is 11. The average Bonchev–Trinajstić information content (AvgIpc) is 2.81. The summed E-state index contributed by atoms with van der Waals surface area (Å²) in [4.78, 5) is 25.4. The Labute approximate surface area is 232 Å². The van der Waals surface area contributed by atoms with Crippen LogP contribution in [0.4, 0.5) is 27.6 Å². The number of aryl methyl sites for hydroxylation is 1. The summed E-state index contributed by atoms with van der Waals surface area (Å²) in [5.41, 5.74) is -4.33. The minimum atomic E-state index is -5.02. The van der Waals surface area contributed by atoms with Gasteiger partial charge in [0.25, 0.3) is 11.1 Å². The van der Waals surface area contributed by atoms with E-state index in [0.29, 0.717) is 4.68 Å². The van der Waals surface area contributed by atoms with Crippen LogP contribution in [-0.2, 0) is 24.2 Å². The van der Waals surface area contributed by atoms with E-state index >= 15 is 0 Å². The molecule has 0 bridgehead atoms. The number of fused-ring (bicyclic) bond motifs is 1. The molecule has 2 aromatic heterocycles. The van der Waals surface area contributed by atoms with Crippen molar-refractivity contribution in [3.05, 3.63) is 66.9 Å². The molecule has 0 aliphatic carbocycles. The molecule has 7 nitrogen and oxygen atoms in total. The normalized spacial score (nSPS) is 14.4. The van der Waals surface area contributed by atoms with Crippen molar-refractivity contribution in [1.82, 2.24) is 14.3 Å². The van der Waals surface area contributed by atoms with E-state index in [-0.39, 0.29) is 35.9 Å². The van der Waals surface area contributed by atoms with E-state index in [0.717, 1.165) is 16.8 Å². The molecule has 0 saturated carbocycles. The standard InChI is InChI=1S/C25H30BrF5N4O3Si/c1-15(6-5-8-34-9-7-16-12-17(26)21(27)22(28)19(16)23(34)36)33-18-13-32-35(14-38-10-11-39(2,3)4)24(37)20(18)25(29,30)31/h7,9,12-13,15,33H,5-6,8,10-11,14H2,1-4H3/i15D. The molecule has 0 saturated heterocycles. The van der Waals surface area contributed by atoms with E-state index in [2.05, 4.69) is 46.0 Å². The lowest BCUT2D eigenvalue weighted by Gasteiger charge is -2.20. The molecule has 1 atom stereocenters. The van der Waals surface area contributed by atoms with Crippen LogP contribution in [0.3, 0.4) is 0 Å². The SMILES string of the molecule is [2H]C(C)(CCCn1ccc2cc(Br)c(F)c(F)c2c1=O)Nc1cnn(COCC[Si](C)(C)C)c(=O)c1C(F)(F)F. The van der Waals surface area contributed by atoms with Gasteiger partial charge in [0.15, 0.2) is 11.6 Å². The second kappa shape index (κ2) is 12.3. The van der Waals surface area contributed by atoms with E-state index in [1.54, 1.807) is 0 Å². The molecule has 0 aliphatic heterocycles. The third-order valence-electron chi connectivity index (χ3n) is 5.94. The molecule has 3 rings (SSSR count). The number of hydrogen-bond acceptors (Lipinski definition) is 5. The highest BCUT2D eigenvalue weighted by atomic mass is 79.9. The zero-order valence-corrected chi connectivity index (χ0v) is 24.5. The van der Waals surface area contributed by atoms with E-state index < -0.39 is 66.4 Å². The number of benzene rings is 1. The first-order chi connectivity index (χ1) is 18.4. The first-order valence-corrected chi connectivity index (χ1v) is 16.6. The Morgan fingerprint density at radius 2 is 1.90 bits per heavy atom. The zero-order chi connectivity index (χ0) is 30.0. The zero-order valence-electron chi connectivity index (χ0n) is 22.9. The molecule has 1 N–H and O–H groups in total. The Morgan fingerprint density at radius 3 is 2.54 bits per heavy atom. The molecule has 0 radical (unpaired) electrons. The summed E-state index contributed by atoms with van der Waals surface area (Å²) in [5.74, 6) is -2.49. The summed E-state index contributed by atoms with van der Waals surface area (Å²) in [6.45, 7) is 7.49. The van der Waals surface area contributed by atoms with Gasteiger partial charge in [0.05, 0.1) is 23.1 Å². The fraction of sp³-hybridized carbons (Fsp3) is 0.480. The van der Waals surface area contributed by atoms with Gasteiger partial charge >= 0.3 is 6.18 Å². The molecule has 3 aromatic rings. The Kier molecular flexibility index (Phi) is 9.27. The highest BCUT2D eigenvalue weighted by molar-refractivity contribution is 9.10. The second-order valence-electron chi connectivity index (χ2n) is 10.4. The summed E-state index contributed by atoms with van der Waals surface area (Å²) < 4.78 is 85.4. The number of nitrogens with zero attached hydrogens (tertiary/aromatic N) is 3. The molecule has 214 valence electrons. The maximum absolute atomic E-state index is 14.4. The van der Waals surface area contributed by atoms with Crippen molar-refractivity contribution in [3.8, 4) is 0 Å². The van der Waals surface area contributed by atoms with Crippen LogP contribution >= 0.6 is 15.9 Å². The van der Waals surface area contributed by atoms with Gasteiger partial charge in [-0.1, -0.05) is 19.6 Å². The molecule has 14 heteroatoms.